The molecule has 6 nitrogen and oxygen atoms in total. The summed E-state index contributed by atoms with van der Waals surface area (Å²) in [5.74, 6) is 1.98. The van der Waals surface area contributed by atoms with Crippen LogP contribution in [-0.2, 0) is 0 Å². The molecule has 2 rings (SSSR count). The summed E-state index contributed by atoms with van der Waals surface area (Å²) in [5.41, 5.74) is 6.27. The van der Waals surface area contributed by atoms with Gasteiger partial charge in [0.05, 0.1) is 11.8 Å². The van der Waals surface area contributed by atoms with Crippen molar-refractivity contribution < 1.29 is 5.21 Å². The van der Waals surface area contributed by atoms with Crippen LogP contribution in [0.25, 0.3) is 0 Å². The van der Waals surface area contributed by atoms with Gasteiger partial charge in [-0.15, -0.1) is 5.10 Å². The first kappa shape index (κ1) is 11.6. The Morgan fingerprint density at radius 2 is 2.12 bits per heavy atom. The highest BCUT2D eigenvalue weighted by Crippen LogP contribution is 2.27. The summed E-state index contributed by atoms with van der Waals surface area (Å²) in [4.78, 5) is 2.13. The molecule has 1 aliphatic rings. The van der Waals surface area contributed by atoms with Crippen LogP contribution in [0.1, 0.15) is 19.4 Å². The summed E-state index contributed by atoms with van der Waals surface area (Å²) >= 11 is 0. The summed E-state index contributed by atoms with van der Waals surface area (Å²) in [6.07, 6.45) is 1.54. The van der Waals surface area contributed by atoms with Gasteiger partial charge in [-0.1, -0.05) is 19.0 Å². The van der Waals surface area contributed by atoms with E-state index in [1.54, 1.807) is 12.3 Å². The summed E-state index contributed by atoms with van der Waals surface area (Å²) in [7, 11) is 0. The van der Waals surface area contributed by atoms with Crippen LogP contribution in [0.3, 0.4) is 0 Å². The maximum atomic E-state index is 8.76. The molecule has 0 bridgehead atoms. The van der Waals surface area contributed by atoms with Gasteiger partial charge in [-0.2, -0.15) is 5.10 Å². The second-order valence-electron chi connectivity index (χ2n) is 4.61. The molecular weight excluding hydrogens is 218 g/mol. The van der Waals surface area contributed by atoms with Crippen LogP contribution >= 0.6 is 0 Å². The quantitative estimate of drug-likeness (QED) is 0.340. The molecule has 0 saturated carbocycles. The molecule has 0 spiro atoms. The third-order valence-corrected chi connectivity index (χ3v) is 3.37. The van der Waals surface area contributed by atoms with E-state index in [9.17, 15) is 0 Å². The number of rotatable bonds is 2. The summed E-state index contributed by atoms with van der Waals surface area (Å²) < 4.78 is 0. The van der Waals surface area contributed by atoms with Gasteiger partial charge in [0.1, 0.15) is 0 Å². The van der Waals surface area contributed by atoms with Crippen molar-refractivity contribution in [3.8, 4) is 0 Å². The molecule has 6 heteroatoms. The van der Waals surface area contributed by atoms with Crippen LogP contribution in [0, 0.1) is 11.8 Å². The third-order valence-electron chi connectivity index (χ3n) is 3.37. The average molecular weight is 235 g/mol. The van der Waals surface area contributed by atoms with Crippen LogP contribution in [-0.4, -0.2) is 34.3 Å². The lowest BCUT2D eigenvalue weighted by Gasteiger charge is -2.18. The zero-order valence-corrected chi connectivity index (χ0v) is 10.0. The largest absolute Gasteiger partial charge is 0.409 e. The number of anilines is 1. The summed E-state index contributed by atoms with van der Waals surface area (Å²) in [5, 5.41) is 19.8. The van der Waals surface area contributed by atoms with Gasteiger partial charge in [-0.25, -0.2) is 0 Å². The van der Waals surface area contributed by atoms with E-state index in [2.05, 4.69) is 34.1 Å². The standard InChI is InChI=1S/C11H17N5O/c1-7-5-16(6-8(7)2)11-9(10(12)15-17)3-4-13-14-11/h3-4,7-8,17H,5-6H2,1-2H3,(H2,12,15). The highest BCUT2D eigenvalue weighted by Gasteiger charge is 2.29. The average Bonchev–Trinajstić information content (AvgIpc) is 2.68. The van der Waals surface area contributed by atoms with Gasteiger partial charge in [-0.3, -0.25) is 0 Å². The van der Waals surface area contributed by atoms with Gasteiger partial charge in [0, 0.05) is 13.1 Å². The van der Waals surface area contributed by atoms with Crippen LogP contribution in [0.4, 0.5) is 5.82 Å². The number of nitrogens with two attached hydrogens (primary N) is 1. The number of hydrogen-bond acceptors (Lipinski definition) is 5. The molecule has 1 aromatic heterocycles. The molecule has 0 aromatic carbocycles. The molecule has 17 heavy (non-hydrogen) atoms. The number of nitrogens with zero attached hydrogens (tertiary/aromatic N) is 4. The number of hydrogen-bond donors (Lipinski definition) is 2. The first-order valence-corrected chi connectivity index (χ1v) is 5.68. The van der Waals surface area contributed by atoms with Crippen LogP contribution in [0.2, 0.25) is 0 Å². The van der Waals surface area contributed by atoms with Crippen LogP contribution in [0.5, 0.6) is 0 Å². The maximum absolute atomic E-state index is 8.76. The number of amidine groups is 1. The van der Waals surface area contributed by atoms with E-state index in [4.69, 9.17) is 10.9 Å². The van der Waals surface area contributed by atoms with Crippen molar-refractivity contribution in [3.63, 3.8) is 0 Å². The fourth-order valence-electron chi connectivity index (χ4n) is 2.11. The first-order chi connectivity index (χ1) is 8.13. The van der Waals surface area contributed by atoms with E-state index in [1.165, 1.54) is 0 Å². The molecule has 3 N–H and O–H groups in total. The van der Waals surface area contributed by atoms with Crippen molar-refractivity contribution >= 4 is 11.7 Å². The summed E-state index contributed by atoms with van der Waals surface area (Å²) in [6, 6.07) is 1.71. The molecule has 0 radical (unpaired) electrons. The van der Waals surface area contributed by atoms with Gasteiger partial charge in [0.2, 0.25) is 0 Å². The Hall–Kier alpha value is -1.85. The van der Waals surface area contributed by atoms with E-state index >= 15 is 0 Å². The molecule has 0 amide bonds. The van der Waals surface area contributed by atoms with Gasteiger partial charge in [0.15, 0.2) is 11.7 Å². The highest BCUT2D eigenvalue weighted by molar-refractivity contribution is 6.01. The van der Waals surface area contributed by atoms with Crippen LogP contribution in [0.15, 0.2) is 17.4 Å². The Bertz CT molecular complexity index is 424. The Balaban J connectivity index is 2.33. The molecule has 2 unspecified atom stereocenters. The van der Waals surface area contributed by atoms with Gasteiger partial charge < -0.3 is 15.8 Å². The lowest BCUT2D eigenvalue weighted by molar-refractivity contribution is 0.318. The lowest BCUT2D eigenvalue weighted by atomic mass is 10.0. The Morgan fingerprint density at radius 1 is 1.47 bits per heavy atom. The minimum atomic E-state index is 0.0714. The molecular formula is C11H17N5O. The van der Waals surface area contributed by atoms with Crippen LogP contribution < -0.4 is 10.6 Å². The monoisotopic (exact) mass is 235 g/mol. The molecule has 92 valence electrons. The molecule has 1 saturated heterocycles. The first-order valence-electron chi connectivity index (χ1n) is 5.68. The minimum absolute atomic E-state index is 0.0714. The zero-order valence-electron chi connectivity index (χ0n) is 10.0. The van der Waals surface area contributed by atoms with E-state index < -0.39 is 0 Å². The Morgan fingerprint density at radius 3 is 2.71 bits per heavy atom. The van der Waals surface area contributed by atoms with Gasteiger partial charge in [-0.05, 0) is 17.9 Å². The third kappa shape index (κ3) is 2.15. The highest BCUT2D eigenvalue weighted by atomic mass is 16.4. The van der Waals surface area contributed by atoms with Crippen molar-refractivity contribution in [1.29, 1.82) is 0 Å². The van der Waals surface area contributed by atoms with Gasteiger partial charge in [0.25, 0.3) is 0 Å². The topological polar surface area (TPSA) is 87.6 Å². The maximum Gasteiger partial charge on any atom is 0.173 e. The Labute approximate surface area is 100 Å². The van der Waals surface area contributed by atoms with Gasteiger partial charge >= 0.3 is 0 Å². The van der Waals surface area contributed by atoms with E-state index in [1.807, 2.05) is 0 Å². The fourth-order valence-corrected chi connectivity index (χ4v) is 2.11. The second kappa shape index (κ2) is 4.57. The fraction of sp³-hybridized carbons (Fsp3) is 0.545. The second-order valence-corrected chi connectivity index (χ2v) is 4.61. The number of aromatic nitrogens is 2. The van der Waals surface area contributed by atoms with E-state index in [0.29, 0.717) is 23.2 Å². The minimum Gasteiger partial charge on any atom is -0.409 e. The predicted molar refractivity (Wildman–Crippen MR) is 65.1 cm³/mol. The molecule has 0 aliphatic carbocycles. The normalized spacial score (nSPS) is 25.3. The van der Waals surface area contributed by atoms with Crippen molar-refractivity contribution in [2.75, 3.05) is 18.0 Å². The summed E-state index contributed by atoms with van der Waals surface area (Å²) in [6.45, 7) is 6.27. The molecule has 2 atom stereocenters. The molecule has 1 fully saturated rings. The predicted octanol–water partition coefficient (Wildman–Crippen LogP) is 0.663. The lowest BCUT2D eigenvalue weighted by Crippen LogP contribution is -2.26. The molecule has 1 aliphatic heterocycles. The van der Waals surface area contributed by atoms with Crippen molar-refractivity contribution in [2.45, 2.75) is 13.8 Å². The SMILES string of the molecule is CC1CN(c2nnccc2/C(N)=N/O)CC1C. The molecule has 1 aromatic rings. The van der Waals surface area contributed by atoms with Crippen molar-refractivity contribution in [2.24, 2.45) is 22.7 Å². The van der Waals surface area contributed by atoms with Crippen molar-refractivity contribution in [3.05, 3.63) is 17.8 Å². The van der Waals surface area contributed by atoms with E-state index in [-0.39, 0.29) is 5.84 Å². The van der Waals surface area contributed by atoms with E-state index in [0.717, 1.165) is 13.1 Å². The Kier molecular flexibility index (Phi) is 3.12. The number of oxime groups is 1. The molecule has 2 heterocycles. The zero-order chi connectivity index (χ0) is 12.4. The van der Waals surface area contributed by atoms with Crippen molar-refractivity contribution in [1.82, 2.24) is 10.2 Å². The smallest absolute Gasteiger partial charge is 0.173 e.